The van der Waals surface area contributed by atoms with Gasteiger partial charge in [0.2, 0.25) is 0 Å². The second-order valence-electron chi connectivity index (χ2n) is 5.54. The second kappa shape index (κ2) is 9.47. The van der Waals surface area contributed by atoms with E-state index in [2.05, 4.69) is 10.1 Å². The van der Waals surface area contributed by atoms with Gasteiger partial charge in [0.25, 0.3) is 11.8 Å². The van der Waals surface area contributed by atoms with Crippen LogP contribution in [0.25, 0.3) is 6.08 Å². The average molecular weight is 402 g/mol. The van der Waals surface area contributed by atoms with Gasteiger partial charge in [-0.3, -0.25) is 9.59 Å². The SMILES string of the molecule is COC(=O)c1ccc(/C=C/C(=O)O[C@H](C)C(=O)Nc2sccc2C(N)=O)cc1. The Morgan fingerprint density at radius 2 is 1.82 bits per heavy atom. The molecule has 3 N–H and O–H groups in total. The molecule has 0 bridgehead atoms. The van der Waals surface area contributed by atoms with Gasteiger partial charge in [0, 0.05) is 6.08 Å². The van der Waals surface area contributed by atoms with Crippen molar-refractivity contribution >= 4 is 46.2 Å². The maximum Gasteiger partial charge on any atom is 0.337 e. The summed E-state index contributed by atoms with van der Waals surface area (Å²) in [5, 5.41) is 4.41. The number of hydrogen-bond donors (Lipinski definition) is 2. The Morgan fingerprint density at radius 1 is 1.14 bits per heavy atom. The summed E-state index contributed by atoms with van der Waals surface area (Å²) >= 11 is 1.13. The number of carbonyl (C=O) groups is 4. The Balaban J connectivity index is 1.91. The summed E-state index contributed by atoms with van der Waals surface area (Å²) in [6, 6.07) is 7.88. The van der Waals surface area contributed by atoms with E-state index in [1.807, 2.05) is 0 Å². The molecule has 0 aliphatic heterocycles. The van der Waals surface area contributed by atoms with Crippen LogP contribution in [0.4, 0.5) is 5.00 Å². The van der Waals surface area contributed by atoms with Crippen LogP contribution in [-0.4, -0.2) is 37.0 Å². The first-order chi connectivity index (χ1) is 13.3. The quantitative estimate of drug-likeness (QED) is 0.540. The van der Waals surface area contributed by atoms with Crippen molar-refractivity contribution in [3.05, 3.63) is 58.5 Å². The number of nitrogens with one attached hydrogen (secondary N) is 1. The Morgan fingerprint density at radius 3 is 2.43 bits per heavy atom. The normalized spacial score (nSPS) is 11.6. The van der Waals surface area contributed by atoms with Crippen molar-refractivity contribution in [2.45, 2.75) is 13.0 Å². The summed E-state index contributed by atoms with van der Waals surface area (Å²) in [5.41, 5.74) is 6.45. The van der Waals surface area contributed by atoms with Crippen molar-refractivity contribution in [3.8, 4) is 0 Å². The smallest absolute Gasteiger partial charge is 0.337 e. The van der Waals surface area contributed by atoms with Crippen LogP contribution >= 0.6 is 11.3 Å². The molecule has 0 fully saturated rings. The summed E-state index contributed by atoms with van der Waals surface area (Å²) in [7, 11) is 1.29. The number of esters is 2. The van der Waals surface area contributed by atoms with E-state index in [0.29, 0.717) is 16.1 Å². The third-order valence-electron chi connectivity index (χ3n) is 3.57. The number of methoxy groups -OCH3 is 1. The number of nitrogens with two attached hydrogens (primary N) is 1. The lowest BCUT2D eigenvalue weighted by Gasteiger charge is -2.12. The molecule has 8 nitrogen and oxygen atoms in total. The van der Waals surface area contributed by atoms with Crippen LogP contribution in [-0.2, 0) is 19.1 Å². The molecule has 1 aromatic carbocycles. The molecule has 0 spiro atoms. The Bertz CT molecular complexity index is 917. The summed E-state index contributed by atoms with van der Waals surface area (Å²) in [5.74, 6) is -2.43. The maximum absolute atomic E-state index is 12.1. The second-order valence-corrected chi connectivity index (χ2v) is 6.46. The van der Waals surface area contributed by atoms with E-state index in [1.54, 1.807) is 29.6 Å². The largest absolute Gasteiger partial charge is 0.465 e. The molecule has 0 saturated carbocycles. The number of rotatable bonds is 7. The first-order valence-electron chi connectivity index (χ1n) is 8.07. The first kappa shape index (κ1) is 20.8. The molecule has 0 unspecified atom stereocenters. The molecule has 146 valence electrons. The minimum Gasteiger partial charge on any atom is -0.465 e. The summed E-state index contributed by atoms with van der Waals surface area (Å²) in [6.45, 7) is 1.41. The topological polar surface area (TPSA) is 125 Å². The standard InChI is InChI=1S/C19H18N2O6S/c1-11(17(24)21-18-14(16(20)23)9-10-28-18)27-15(22)8-5-12-3-6-13(7-4-12)19(25)26-2/h3-11H,1-2H3,(H2,20,23)(H,21,24)/b8-5+/t11-/m1/s1. The predicted octanol–water partition coefficient (Wildman–Crippen LogP) is 2.22. The van der Waals surface area contributed by atoms with Crippen molar-refractivity contribution in [3.63, 3.8) is 0 Å². The lowest BCUT2D eigenvalue weighted by Crippen LogP contribution is -2.29. The summed E-state index contributed by atoms with van der Waals surface area (Å²) < 4.78 is 9.64. The number of thiophene rings is 1. The number of ether oxygens (including phenoxy) is 2. The van der Waals surface area contributed by atoms with E-state index in [1.165, 1.54) is 26.2 Å². The Labute approximate surface area is 164 Å². The molecule has 1 heterocycles. The molecule has 0 aliphatic rings. The zero-order valence-electron chi connectivity index (χ0n) is 15.1. The third-order valence-corrected chi connectivity index (χ3v) is 4.40. The van der Waals surface area contributed by atoms with E-state index >= 15 is 0 Å². The number of anilines is 1. The highest BCUT2D eigenvalue weighted by Crippen LogP contribution is 2.23. The molecule has 2 rings (SSSR count). The highest BCUT2D eigenvalue weighted by molar-refractivity contribution is 7.14. The fourth-order valence-corrected chi connectivity index (χ4v) is 2.89. The average Bonchev–Trinajstić information content (AvgIpc) is 3.14. The van der Waals surface area contributed by atoms with Gasteiger partial charge in [0.05, 0.1) is 18.2 Å². The van der Waals surface area contributed by atoms with Gasteiger partial charge in [-0.25, -0.2) is 9.59 Å². The van der Waals surface area contributed by atoms with Gasteiger partial charge in [0.1, 0.15) is 5.00 Å². The minimum atomic E-state index is -1.08. The Kier molecular flexibility index (Phi) is 7.05. The fourth-order valence-electron chi connectivity index (χ4n) is 2.09. The number of benzene rings is 1. The molecule has 9 heteroatoms. The zero-order chi connectivity index (χ0) is 20.7. The van der Waals surface area contributed by atoms with Gasteiger partial charge in [-0.1, -0.05) is 12.1 Å². The number of amides is 2. The number of primary amides is 1. The molecule has 0 radical (unpaired) electrons. The van der Waals surface area contributed by atoms with E-state index in [4.69, 9.17) is 10.5 Å². The van der Waals surface area contributed by atoms with Crippen LogP contribution in [0.2, 0.25) is 0 Å². The summed E-state index contributed by atoms with van der Waals surface area (Å²) in [6.07, 6.45) is 1.57. The van der Waals surface area contributed by atoms with Crippen molar-refractivity contribution in [1.29, 1.82) is 0 Å². The first-order valence-corrected chi connectivity index (χ1v) is 8.95. The highest BCUT2D eigenvalue weighted by Gasteiger charge is 2.19. The molecule has 1 aromatic heterocycles. The van der Waals surface area contributed by atoms with Crippen LogP contribution in [0.3, 0.4) is 0 Å². The van der Waals surface area contributed by atoms with E-state index in [-0.39, 0.29) is 5.56 Å². The van der Waals surface area contributed by atoms with E-state index < -0.39 is 29.9 Å². The van der Waals surface area contributed by atoms with Crippen molar-refractivity contribution in [2.75, 3.05) is 12.4 Å². The molecule has 0 aliphatic carbocycles. The lowest BCUT2D eigenvalue weighted by atomic mass is 10.1. The predicted molar refractivity (Wildman–Crippen MR) is 104 cm³/mol. The molecule has 2 amide bonds. The lowest BCUT2D eigenvalue weighted by molar-refractivity contribution is -0.148. The fraction of sp³-hybridized carbons (Fsp3) is 0.158. The van der Waals surface area contributed by atoms with Crippen molar-refractivity contribution in [2.24, 2.45) is 5.73 Å². The molecule has 1 atom stereocenters. The van der Waals surface area contributed by atoms with Crippen LogP contribution in [0.5, 0.6) is 0 Å². The van der Waals surface area contributed by atoms with Gasteiger partial charge < -0.3 is 20.5 Å². The van der Waals surface area contributed by atoms with Gasteiger partial charge >= 0.3 is 11.9 Å². The number of hydrogen-bond acceptors (Lipinski definition) is 7. The monoisotopic (exact) mass is 402 g/mol. The maximum atomic E-state index is 12.1. The van der Waals surface area contributed by atoms with Crippen LogP contribution < -0.4 is 11.1 Å². The van der Waals surface area contributed by atoms with Gasteiger partial charge in [0.15, 0.2) is 6.10 Å². The highest BCUT2D eigenvalue weighted by atomic mass is 32.1. The van der Waals surface area contributed by atoms with Crippen LogP contribution in [0.15, 0.2) is 41.8 Å². The van der Waals surface area contributed by atoms with Gasteiger partial charge in [-0.2, -0.15) is 0 Å². The molecular weight excluding hydrogens is 384 g/mol. The van der Waals surface area contributed by atoms with Crippen molar-refractivity contribution in [1.82, 2.24) is 0 Å². The summed E-state index contributed by atoms with van der Waals surface area (Å²) in [4.78, 5) is 46.7. The van der Waals surface area contributed by atoms with Crippen LogP contribution in [0.1, 0.15) is 33.2 Å². The molecule has 28 heavy (non-hydrogen) atoms. The minimum absolute atomic E-state index is 0.187. The molecule has 0 saturated heterocycles. The molecule has 2 aromatic rings. The van der Waals surface area contributed by atoms with Crippen molar-refractivity contribution < 1.29 is 28.7 Å². The van der Waals surface area contributed by atoms with E-state index in [9.17, 15) is 19.2 Å². The van der Waals surface area contributed by atoms with Gasteiger partial charge in [-0.15, -0.1) is 11.3 Å². The molecular formula is C19H18N2O6S. The van der Waals surface area contributed by atoms with E-state index in [0.717, 1.165) is 17.4 Å². The third kappa shape index (κ3) is 5.52. The zero-order valence-corrected chi connectivity index (χ0v) is 15.9. The Hall–Kier alpha value is -3.46. The van der Waals surface area contributed by atoms with Gasteiger partial charge in [-0.05, 0) is 42.1 Å². The number of carbonyl (C=O) groups excluding carboxylic acids is 4. The van der Waals surface area contributed by atoms with Crippen LogP contribution in [0, 0.1) is 0 Å².